The molecule has 0 fully saturated rings. The molecule has 0 aliphatic carbocycles. The van der Waals surface area contributed by atoms with Crippen LogP contribution in [0.5, 0.6) is 0 Å². The first-order valence-corrected chi connectivity index (χ1v) is 6.09. The maximum atomic E-state index is 10.00. The molecule has 0 radical (unpaired) electrons. The average molecular weight is 311 g/mol. The summed E-state index contributed by atoms with van der Waals surface area (Å²) in [4.78, 5) is 29.4. The van der Waals surface area contributed by atoms with Gasteiger partial charge in [-0.15, -0.1) is 0 Å². The number of aliphatic carboxylic acids is 3. The van der Waals surface area contributed by atoms with Crippen molar-refractivity contribution in [3.05, 3.63) is 36.5 Å². The molecule has 0 aromatic carbocycles. The van der Waals surface area contributed by atoms with Gasteiger partial charge in [-0.3, -0.25) is 0 Å². The number of hydrogen-bond acceptors (Lipinski definition) is 4. The Hall–Kier alpha value is -2.88. The van der Waals surface area contributed by atoms with E-state index in [4.69, 9.17) is 20.6 Å². The summed E-state index contributed by atoms with van der Waals surface area (Å²) in [6, 6.07) is 1.83. The molecule has 0 unspecified atom stereocenters. The predicted molar refractivity (Wildman–Crippen MR) is 81.1 cm³/mol. The van der Waals surface area contributed by atoms with E-state index in [0.29, 0.717) is 6.42 Å². The molecule has 0 atom stereocenters. The quantitative estimate of drug-likeness (QED) is 0.641. The van der Waals surface area contributed by atoms with Gasteiger partial charge in [-0.25, -0.2) is 14.4 Å². The van der Waals surface area contributed by atoms with Crippen LogP contribution in [0.1, 0.15) is 33.1 Å². The number of nitrogens with zero attached hydrogens (tertiary/aromatic N) is 1. The van der Waals surface area contributed by atoms with Gasteiger partial charge in [0.05, 0.1) is 6.07 Å². The van der Waals surface area contributed by atoms with Crippen LogP contribution >= 0.6 is 0 Å². The van der Waals surface area contributed by atoms with Crippen LogP contribution in [0.25, 0.3) is 0 Å². The molecule has 0 aliphatic rings. The van der Waals surface area contributed by atoms with Gasteiger partial charge in [0.15, 0.2) is 0 Å². The van der Waals surface area contributed by atoms with E-state index in [9.17, 15) is 14.4 Å². The van der Waals surface area contributed by atoms with Gasteiger partial charge in [-0.1, -0.05) is 26.7 Å². The molecule has 0 bridgehead atoms. The molecule has 0 saturated heterocycles. The first kappa shape index (κ1) is 24.2. The highest BCUT2D eigenvalue weighted by Crippen LogP contribution is 1.99. The number of hydrogen-bond donors (Lipinski definition) is 3. The second-order valence-electron chi connectivity index (χ2n) is 3.91. The van der Waals surface area contributed by atoms with Crippen molar-refractivity contribution in [2.45, 2.75) is 33.1 Å². The summed E-state index contributed by atoms with van der Waals surface area (Å²) < 4.78 is 0. The molecule has 22 heavy (non-hydrogen) atoms. The summed E-state index contributed by atoms with van der Waals surface area (Å²) >= 11 is 0. The van der Waals surface area contributed by atoms with Gasteiger partial charge < -0.3 is 15.3 Å². The van der Waals surface area contributed by atoms with Gasteiger partial charge in [0, 0.05) is 23.1 Å². The van der Waals surface area contributed by atoms with Crippen LogP contribution in [0, 0.1) is 11.3 Å². The Labute approximate surface area is 129 Å². The van der Waals surface area contributed by atoms with Crippen LogP contribution in [0.3, 0.4) is 0 Å². The maximum absolute atomic E-state index is 10.00. The molecular weight excluding hydrogens is 290 g/mol. The van der Waals surface area contributed by atoms with Crippen LogP contribution in [0.2, 0.25) is 0 Å². The van der Waals surface area contributed by atoms with Gasteiger partial charge >= 0.3 is 17.9 Å². The number of nitriles is 1. The maximum Gasteiger partial charge on any atom is 0.330 e. The van der Waals surface area contributed by atoms with Crippen molar-refractivity contribution in [2.24, 2.45) is 0 Å². The van der Waals surface area contributed by atoms with Crippen molar-refractivity contribution >= 4 is 17.9 Å². The smallest absolute Gasteiger partial charge is 0.330 e. The molecule has 0 heterocycles. The Kier molecular flexibility index (Phi) is 16.0. The standard InChI is InChI=1S/C6H7NO2.C5H8O2.C4H6O2/c1-5(6(8)9)3-2-4-7;1-3-4(2)5(6)7;1-3(2)4(5)6/h1-3H2,(H,8,9);2-3H2,1H3,(H,6,7);1H2,2H3,(H,5,6). The number of carbonyl (C=O) groups is 3. The van der Waals surface area contributed by atoms with Crippen molar-refractivity contribution in [1.29, 1.82) is 5.26 Å². The number of rotatable bonds is 6. The second-order valence-corrected chi connectivity index (χ2v) is 3.91. The van der Waals surface area contributed by atoms with E-state index in [0.717, 1.165) is 0 Å². The number of carboxylic acid groups (broad SMARTS) is 3. The van der Waals surface area contributed by atoms with E-state index in [1.807, 2.05) is 6.07 Å². The van der Waals surface area contributed by atoms with Gasteiger partial charge in [0.2, 0.25) is 0 Å². The molecule has 0 spiro atoms. The SMILES string of the molecule is C=C(C)C(=O)O.C=C(CC)C(=O)O.C=C(CCC#N)C(=O)O. The summed E-state index contributed by atoms with van der Waals surface area (Å²) in [5.41, 5.74) is 0.534. The van der Waals surface area contributed by atoms with Gasteiger partial charge in [0.25, 0.3) is 0 Å². The van der Waals surface area contributed by atoms with Crippen molar-refractivity contribution in [3.8, 4) is 6.07 Å². The van der Waals surface area contributed by atoms with Gasteiger partial charge in [-0.05, 0) is 19.8 Å². The monoisotopic (exact) mass is 311 g/mol. The highest BCUT2D eigenvalue weighted by atomic mass is 16.4. The molecule has 0 amide bonds. The van der Waals surface area contributed by atoms with Crippen LogP contribution in [-0.4, -0.2) is 33.2 Å². The molecule has 0 rings (SSSR count). The Morgan fingerprint density at radius 3 is 1.45 bits per heavy atom. The topological polar surface area (TPSA) is 136 Å². The zero-order chi connectivity index (χ0) is 18.3. The molecule has 0 saturated carbocycles. The van der Waals surface area contributed by atoms with Crippen LogP contribution in [0.4, 0.5) is 0 Å². The molecule has 0 aliphatic heterocycles. The Morgan fingerprint density at radius 2 is 1.32 bits per heavy atom. The minimum absolute atomic E-state index is 0.0940. The number of carboxylic acids is 3. The summed E-state index contributed by atoms with van der Waals surface area (Å²) in [6.45, 7) is 12.9. The van der Waals surface area contributed by atoms with E-state index in [-0.39, 0.29) is 29.6 Å². The van der Waals surface area contributed by atoms with E-state index < -0.39 is 17.9 Å². The fourth-order valence-corrected chi connectivity index (χ4v) is 0.465. The largest absolute Gasteiger partial charge is 0.478 e. The van der Waals surface area contributed by atoms with Crippen molar-refractivity contribution in [1.82, 2.24) is 0 Å². The summed E-state index contributed by atoms with van der Waals surface area (Å²) in [6.07, 6.45) is 1.01. The van der Waals surface area contributed by atoms with Crippen molar-refractivity contribution in [2.75, 3.05) is 0 Å². The van der Waals surface area contributed by atoms with Gasteiger partial charge in [0.1, 0.15) is 0 Å². The zero-order valence-electron chi connectivity index (χ0n) is 12.8. The summed E-state index contributed by atoms with van der Waals surface area (Å²) in [7, 11) is 0. The highest BCUT2D eigenvalue weighted by molar-refractivity contribution is 5.86. The Balaban J connectivity index is -0.000000252. The first-order chi connectivity index (χ1) is 10.0. The van der Waals surface area contributed by atoms with E-state index in [2.05, 4.69) is 19.7 Å². The summed E-state index contributed by atoms with van der Waals surface area (Å²) in [5, 5.41) is 32.2. The highest BCUT2D eigenvalue weighted by Gasteiger charge is 2.01. The first-order valence-electron chi connectivity index (χ1n) is 6.09. The molecule has 7 nitrogen and oxygen atoms in total. The Morgan fingerprint density at radius 1 is 0.955 bits per heavy atom. The average Bonchev–Trinajstić information content (AvgIpc) is 2.44. The second kappa shape index (κ2) is 14.5. The van der Waals surface area contributed by atoms with Gasteiger partial charge in [-0.2, -0.15) is 5.26 Å². The minimum Gasteiger partial charge on any atom is -0.478 e. The lowest BCUT2D eigenvalue weighted by Gasteiger charge is -1.90. The molecule has 0 aromatic heterocycles. The molecule has 0 aromatic rings. The van der Waals surface area contributed by atoms with E-state index >= 15 is 0 Å². The lowest BCUT2D eigenvalue weighted by molar-refractivity contribution is -0.133. The zero-order valence-corrected chi connectivity index (χ0v) is 12.8. The fourth-order valence-electron chi connectivity index (χ4n) is 0.465. The molecule has 3 N–H and O–H groups in total. The minimum atomic E-state index is -1.02. The third-order valence-corrected chi connectivity index (χ3v) is 1.94. The molecular formula is C15H21NO6. The van der Waals surface area contributed by atoms with Crippen LogP contribution in [0.15, 0.2) is 36.5 Å². The van der Waals surface area contributed by atoms with Crippen LogP contribution < -0.4 is 0 Å². The van der Waals surface area contributed by atoms with E-state index in [1.165, 1.54) is 6.92 Å². The molecule has 7 heteroatoms. The fraction of sp³-hybridized carbons (Fsp3) is 0.333. The third-order valence-electron chi connectivity index (χ3n) is 1.94. The normalized spacial score (nSPS) is 7.86. The Bertz CT molecular complexity index is 473. The van der Waals surface area contributed by atoms with E-state index in [1.54, 1.807) is 6.92 Å². The molecule has 122 valence electrons. The lowest BCUT2D eigenvalue weighted by atomic mass is 10.2. The van der Waals surface area contributed by atoms with Crippen LogP contribution in [-0.2, 0) is 14.4 Å². The third kappa shape index (κ3) is 19.5. The predicted octanol–water partition coefficient (Wildman–Crippen LogP) is 2.62. The summed E-state index contributed by atoms with van der Waals surface area (Å²) in [5.74, 6) is -2.86. The van der Waals surface area contributed by atoms with Crippen molar-refractivity contribution < 1.29 is 29.7 Å². The van der Waals surface area contributed by atoms with Crippen molar-refractivity contribution in [3.63, 3.8) is 0 Å². The lowest BCUT2D eigenvalue weighted by Crippen LogP contribution is -1.97.